The molecule has 0 atom stereocenters. The summed E-state index contributed by atoms with van der Waals surface area (Å²) >= 11 is 0. The normalized spacial score (nSPS) is 9.07. The second-order valence-corrected chi connectivity index (χ2v) is 2.72. The number of amides is 1. The van der Waals surface area contributed by atoms with Gasteiger partial charge in [0.15, 0.2) is 0 Å². The maximum atomic E-state index is 10.8. The van der Waals surface area contributed by atoms with Crippen molar-refractivity contribution in [2.75, 3.05) is 0 Å². The van der Waals surface area contributed by atoms with Crippen molar-refractivity contribution in [3.05, 3.63) is 35.9 Å². The van der Waals surface area contributed by atoms with Crippen LogP contribution in [0.5, 0.6) is 0 Å². The van der Waals surface area contributed by atoms with Crippen molar-refractivity contribution < 1.29 is 4.79 Å². The van der Waals surface area contributed by atoms with Gasteiger partial charge >= 0.3 is 0 Å². The predicted molar refractivity (Wildman–Crippen MR) is 51.7 cm³/mol. The molecule has 0 bridgehead atoms. The highest BCUT2D eigenvalue weighted by Crippen LogP contribution is 1.95. The smallest absolute Gasteiger partial charge is 0.248 e. The first kappa shape index (κ1) is 10.2. The summed E-state index contributed by atoms with van der Waals surface area (Å²) in [5, 5.41) is 8.21. The number of carbonyl (C=O) groups is 1. The maximum Gasteiger partial charge on any atom is 0.248 e. The summed E-state index contributed by atoms with van der Waals surface area (Å²) in [7, 11) is 0. The zero-order valence-corrected chi connectivity index (χ0v) is 7.66. The van der Waals surface area contributed by atoms with Crippen LogP contribution in [0.1, 0.15) is 12.0 Å². The van der Waals surface area contributed by atoms with E-state index in [1.807, 2.05) is 30.3 Å². The summed E-state index contributed by atoms with van der Waals surface area (Å²) in [6.07, 6.45) is -0.123. The van der Waals surface area contributed by atoms with Crippen LogP contribution in [-0.2, 0) is 11.3 Å². The summed E-state index contributed by atoms with van der Waals surface area (Å²) in [5.41, 5.74) is 6.23. The van der Waals surface area contributed by atoms with Crippen LogP contribution >= 0.6 is 0 Å². The van der Waals surface area contributed by atoms with Crippen LogP contribution in [0.2, 0.25) is 0 Å². The average Bonchev–Trinajstić information content (AvgIpc) is 2.20. The van der Waals surface area contributed by atoms with Crippen molar-refractivity contribution in [2.24, 2.45) is 0 Å². The molecule has 1 amide bonds. The second kappa shape index (κ2) is 5.73. The quantitative estimate of drug-likeness (QED) is 0.686. The van der Waals surface area contributed by atoms with Crippen molar-refractivity contribution in [1.29, 1.82) is 5.26 Å². The summed E-state index contributed by atoms with van der Waals surface area (Å²) < 4.78 is 0. The SMILES string of the molecule is N#CCC(=O)NNCc1ccccc1. The van der Waals surface area contributed by atoms with Gasteiger partial charge in [-0.1, -0.05) is 30.3 Å². The molecule has 0 saturated heterocycles. The molecule has 1 rings (SSSR count). The van der Waals surface area contributed by atoms with Crippen LogP contribution in [0, 0.1) is 11.3 Å². The monoisotopic (exact) mass is 189 g/mol. The van der Waals surface area contributed by atoms with E-state index in [4.69, 9.17) is 5.26 Å². The molecule has 0 aliphatic heterocycles. The Morgan fingerprint density at radius 2 is 2.07 bits per heavy atom. The highest BCUT2D eigenvalue weighted by molar-refractivity contribution is 5.77. The number of nitriles is 1. The fourth-order valence-corrected chi connectivity index (χ4v) is 0.957. The van der Waals surface area contributed by atoms with Crippen LogP contribution in [0.15, 0.2) is 30.3 Å². The van der Waals surface area contributed by atoms with E-state index in [0.717, 1.165) is 5.56 Å². The number of benzene rings is 1. The molecule has 0 unspecified atom stereocenters. The molecule has 4 heteroatoms. The average molecular weight is 189 g/mol. The van der Waals surface area contributed by atoms with E-state index in [0.29, 0.717) is 6.54 Å². The lowest BCUT2D eigenvalue weighted by molar-refractivity contribution is -0.121. The van der Waals surface area contributed by atoms with Gasteiger partial charge in [0.05, 0.1) is 6.07 Å². The molecule has 0 saturated carbocycles. The Balaban J connectivity index is 2.23. The Morgan fingerprint density at radius 1 is 1.36 bits per heavy atom. The first-order chi connectivity index (χ1) is 6.83. The molecule has 4 nitrogen and oxygen atoms in total. The molecule has 0 radical (unpaired) electrons. The highest BCUT2D eigenvalue weighted by Gasteiger charge is 1.97. The molecule has 0 aliphatic carbocycles. The van der Waals surface area contributed by atoms with Gasteiger partial charge < -0.3 is 0 Å². The van der Waals surface area contributed by atoms with Gasteiger partial charge in [-0.05, 0) is 5.56 Å². The van der Waals surface area contributed by atoms with Crippen molar-refractivity contribution in [1.82, 2.24) is 10.9 Å². The molecule has 2 N–H and O–H groups in total. The van der Waals surface area contributed by atoms with E-state index in [-0.39, 0.29) is 12.3 Å². The van der Waals surface area contributed by atoms with Crippen LogP contribution in [0.25, 0.3) is 0 Å². The van der Waals surface area contributed by atoms with Gasteiger partial charge in [-0.3, -0.25) is 10.2 Å². The highest BCUT2D eigenvalue weighted by atomic mass is 16.2. The van der Waals surface area contributed by atoms with E-state index < -0.39 is 0 Å². The molecule has 72 valence electrons. The third kappa shape index (κ3) is 3.70. The minimum absolute atomic E-state index is 0.123. The van der Waals surface area contributed by atoms with Crippen molar-refractivity contribution in [3.63, 3.8) is 0 Å². The third-order valence-corrected chi connectivity index (χ3v) is 1.60. The first-order valence-corrected chi connectivity index (χ1v) is 4.25. The van der Waals surface area contributed by atoms with Gasteiger partial charge in [0.1, 0.15) is 6.42 Å². The molecule has 0 spiro atoms. The van der Waals surface area contributed by atoms with E-state index >= 15 is 0 Å². The zero-order chi connectivity index (χ0) is 10.2. The van der Waals surface area contributed by atoms with Gasteiger partial charge in [-0.25, -0.2) is 5.43 Å². The van der Waals surface area contributed by atoms with Crippen LogP contribution in [0.3, 0.4) is 0 Å². The molecule has 0 aromatic heterocycles. The molecule has 0 heterocycles. The predicted octanol–water partition coefficient (Wildman–Crippen LogP) is 0.721. The largest absolute Gasteiger partial charge is 0.290 e. The van der Waals surface area contributed by atoms with E-state index in [1.54, 1.807) is 6.07 Å². The second-order valence-electron chi connectivity index (χ2n) is 2.72. The molecule has 0 aliphatic rings. The van der Waals surface area contributed by atoms with Gasteiger partial charge in [0.2, 0.25) is 5.91 Å². The lowest BCUT2D eigenvalue weighted by atomic mass is 10.2. The van der Waals surface area contributed by atoms with Gasteiger partial charge in [0.25, 0.3) is 0 Å². The van der Waals surface area contributed by atoms with E-state index in [9.17, 15) is 4.79 Å². The maximum absolute atomic E-state index is 10.8. The minimum Gasteiger partial charge on any atom is -0.290 e. The Morgan fingerprint density at radius 3 is 2.71 bits per heavy atom. The third-order valence-electron chi connectivity index (χ3n) is 1.60. The van der Waals surface area contributed by atoms with Crippen LogP contribution in [-0.4, -0.2) is 5.91 Å². The fourth-order valence-electron chi connectivity index (χ4n) is 0.957. The molecular weight excluding hydrogens is 178 g/mol. The number of rotatable bonds is 4. The van der Waals surface area contributed by atoms with Crippen molar-refractivity contribution in [3.8, 4) is 6.07 Å². The fraction of sp³-hybridized carbons (Fsp3) is 0.200. The number of carbonyl (C=O) groups excluding carboxylic acids is 1. The topological polar surface area (TPSA) is 64.9 Å². The molecule has 1 aromatic rings. The van der Waals surface area contributed by atoms with Crippen LogP contribution < -0.4 is 10.9 Å². The summed E-state index contributed by atoms with van der Waals surface area (Å²) in [4.78, 5) is 10.8. The van der Waals surface area contributed by atoms with E-state index in [2.05, 4.69) is 10.9 Å². The number of nitrogens with zero attached hydrogens (tertiary/aromatic N) is 1. The van der Waals surface area contributed by atoms with Gasteiger partial charge in [-0.2, -0.15) is 5.26 Å². The Kier molecular flexibility index (Phi) is 4.18. The number of hydrazine groups is 1. The van der Waals surface area contributed by atoms with Crippen LogP contribution in [0.4, 0.5) is 0 Å². The number of hydrogen-bond donors (Lipinski definition) is 2. The Labute approximate surface area is 82.5 Å². The standard InChI is InChI=1S/C10H11N3O/c11-7-6-10(14)13-12-8-9-4-2-1-3-5-9/h1-5,12H,6,8H2,(H,13,14). The number of nitrogens with one attached hydrogen (secondary N) is 2. The Bertz CT molecular complexity index is 329. The first-order valence-electron chi connectivity index (χ1n) is 4.25. The minimum atomic E-state index is -0.316. The van der Waals surface area contributed by atoms with Crippen molar-refractivity contribution >= 4 is 5.91 Å². The summed E-state index contributed by atoms with van der Waals surface area (Å²) in [6.45, 7) is 0.554. The van der Waals surface area contributed by atoms with Gasteiger partial charge in [0, 0.05) is 6.54 Å². The molecule has 1 aromatic carbocycles. The molecule has 14 heavy (non-hydrogen) atoms. The molecular formula is C10H11N3O. The lowest BCUT2D eigenvalue weighted by Crippen LogP contribution is -2.36. The van der Waals surface area contributed by atoms with Crippen molar-refractivity contribution in [2.45, 2.75) is 13.0 Å². The van der Waals surface area contributed by atoms with Gasteiger partial charge in [-0.15, -0.1) is 0 Å². The lowest BCUT2D eigenvalue weighted by Gasteiger charge is -2.04. The molecule has 0 fully saturated rings. The zero-order valence-electron chi connectivity index (χ0n) is 7.66. The Hall–Kier alpha value is -1.86. The number of hydrogen-bond acceptors (Lipinski definition) is 3. The summed E-state index contributed by atoms with van der Waals surface area (Å²) in [6, 6.07) is 11.4. The van der Waals surface area contributed by atoms with E-state index in [1.165, 1.54) is 0 Å². The summed E-state index contributed by atoms with van der Waals surface area (Å²) in [5.74, 6) is -0.316.